The first-order valence-electron chi connectivity index (χ1n) is 7.90. The molecule has 0 amide bonds. The minimum Gasteiger partial charge on any atom is -0.491 e. The molecule has 0 spiro atoms. The van der Waals surface area contributed by atoms with Crippen LogP contribution < -0.4 is 0 Å². The van der Waals surface area contributed by atoms with Crippen LogP contribution >= 0.6 is 0 Å². The van der Waals surface area contributed by atoms with Crippen molar-refractivity contribution in [2.75, 3.05) is 39.5 Å². The minimum absolute atomic E-state index is 0.341. The molecule has 0 aromatic heterocycles. The van der Waals surface area contributed by atoms with Crippen LogP contribution in [0.2, 0.25) is 0 Å². The van der Waals surface area contributed by atoms with Gasteiger partial charge in [0.1, 0.15) is 5.76 Å². The predicted octanol–water partition coefficient (Wildman–Crippen LogP) is 2.51. The number of nitrogens with zero attached hydrogens (tertiary/aromatic N) is 3. The van der Waals surface area contributed by atoms with E-state index in [-0.39, 0.29) is 6.10 Å². The second-order valence-electron chi connectivity index (χ2n) is 4.99. The van der Waals surface area contributed by atoms with Crippen LogP contribution in [0.1, 0.15) is 13.8 Å². The Hall–Kier alpha value is -1.84. The van der Waals surface area contributed by atoms with Gasteiger partial charge in [-0.3, -0.25) is 0 Å². The lowest BCUT2D eigenvalue weighted by Gasteiger charge is -2.33. The highest BCUT2D eigenvalue weighted by molar-refractivity contribution is 6.50. The summed E-state index contributed by atoms with van der Waals surface area (Å²) in [6.07, 6.45) is 3.36. The van der Waals surface area contributed by atoms with Gasteiger partial charge >= 0.3 is 13.0 Å². The molecular weight excluding hydrogens is 345 g/mol. The van der Waals surface area contributed by atoms with E-state index in [1.165, 1.54) is 0 Å². The molecule has 25 heavy (non-hydrogen) atoms. The third kappa shape index (κ3) is 7.72. The number of ether oxygens (including phenoxy) is 3. The van der Waals surface area contributed by atoms with Gasteiger partial charge < -0.3 is 41.9 Å². The summed E-state index contributed by atoms with van der Waals surface area (Å²) < 4.78 is 55.7. The fraction of sp³-hybridized carbons (Fsp3) is 0.643. The van der Waals surface area contributed by atoms with Crippen LogP contribution in [0.3, 0.4) is 0 Å². The Kier molecular flexibility index (Phi) is 8.67. The molecule has 1 aliphatic heterocycles. The van der Waals surface area contributed by atoms with E-state index >= 15 is 0 Å². The lowest BCUT2D eigenvalue weighted by molar-refractivity contribution is -0.0230. The summed E-state index contributed by atoms with van der Waals surface area (Å²) in [6.45, 7) is 8.01. The van der Waals surface area contributed by atoms with E-state index in [2.05, 4.69) is 9.69 Å². The van der Waals surface area contributed by atoms with Crippen LogP contribution in [0.5, 0.6) is 0 Å². The van der Waals surface area contributed by atoms with E-state index in [1.54, 1.807) is 6.08 Å². The monoisotopic (exact) mass is 366 g/mol. The molecule has 0 radical (unpaired) electrons. The normalized spacial score (nSPS) is 20.8. The van der Waals surface area contributed by atoms with E-state index in [1.807, 2.05) is 19.9 Å². The van der Waals surface area contributed by atoms with Gasteiger partial charge in [-0.1, -0.05) is 0 Å². The molecule has 0 bridgehead atoms. The molecule has 1 fully saturated rings. The molecule has 2 aliphatic rings. The van der Waals surface area contributed by atoms with Gasteiger partial charge in [-0.05, 0) is 19.9 Å². The molecule has 0 saturated carbocycles. The van der Waals surface area contributed by atoms with Gasteiger partial charge in [0, 0.05) is 19.7 Å². The maximum atomic E-state index is 9.75. The van der Waals surface area contributed by atoms with Gasteiger partial charge in [-0.2, -0.15) is 4.79 Å². The van der Waals surface area contributed by atoms with Crippen LogP contribution in [0.15, 0.2) is 23.6 Å². The first kappa shape index (κ1) is 21.2. The average molecular weight is 366 g/mol. The quantitative estimate of drug-likeness (QED) is 0.325. The maximum absolute atomic E-state index is 9.75. The van der Waals surface area contributed by atoms with Gasteiger partial charge in [0.15, 0.2) is 6.10 Å². The predicted molar refractivity (Wildman–Crippen MR) is 84.4 cm³/mol. The van der Waals surface area contributed by atoms with Crippen molar-refractivity contribution in [2.45, 2.75) is 20.0 Å². The first-order valence-corrected chi connectivity index (χ1v) is 7.90. The zero-order chi connectivity index (χ0) is 18.9. The Morgan fingerprint density at radius 3 is 2.32 bits per heavy atom. The van der Waals surface area contributed by atoms with Crippen molar-refractivity contribution >= 4 is 13.0 Å². The van der Waals surface area contributed by atoms with E-state index in [0.717, 1.165) is 24.5 Å². The summed E-state index contributed by atoms with van der Waals surface area (Å²) in [6, 6.07) is 0. The van der Waals surface area contributed by atoms with Crippen molar-refractivity contribution in [3.8, 4) is 0 Å². The van der Waals surface area contributed by atoms with E-state index in [9.17, 15) is 17.3 Å². The highest BCUT2D eigenvalue weighted by atomic mass is 19.5. The van der Waals surface area contributed by atoms with Crippen LogP contribution in [0, 0.1) is 0 Å². The Morgan fingerprint density at radius 2 is 1.84 bits per heavy atom. The second-order valence-corrected chi connectivity index (χ2v) is 4.99. The topological polar surface area (TPSA) is 67.3 Å². The van der Waals surface area contributed by atoms with Gasteiger partial charge in [0.05, 0.1) is 31.6 Å². The molecule has 0 aromatic carbocycles. The SMILES string of the molecule is CCOC1=CC(=[N+]=[N-])C(OCC)C=C1N1CCOCC1.F[B-](F)(F)F. The summed E-state index contributed by atoms with van der Waals surface area (Å²) in [5, 5.41) is 0. The highest BCUT2D eigenvalue weighted by Crippen LogP contribution is 2.24. The lowest BCUT2D eigenvalue weighted by atomic mass is 10.0. The van der Waals surface area contributed by atoms with Crippen molar-refractivity contribution in [2.24, 2.45) is 0 Å². The summed E-state index contributed by atoms with van der Waals surface area (Å²) >= 11 is 0. The van der Waals surface area contributed by atoms with Gasteiger partial charge in [0.25, 0.3) is 0 Å². The third-order valence-corrected chi connectivity index (χ3v) is 3.25. The highest BCUT2D eigenvalue weighted by Gasteiger charge is 2.31. The smallest absolute Gasteiger partial charge is 0.491 e. The molecule has 0 aromatic rings. The van der Waals surface area contributed by atoms with Crippen LogP contribution in [-0.2, 0) is 14.2 Å². The van der Waals surface area contributed by atoms with E-state index < -0.39 is 7.25 Å². The summed E-state index contributed by atoms with van der Waals surface area (Å²) in [5.41, 5.74) is 10.6. The molecule has 11 heteroatoms. The summed E-state index contributed by atoms with van der Waals surface area (Å²) in [7, 11) is -6.00. The Labute approximate surface area is 143 Å². The van der Waals surface area contributed by atoms with E-state index in [4.69, 9.17) is 19.7 Å². The number of halogens is 4. The zero-order valence-electron chi connectivity index (χ0n) is 14.1. The molecule has 2 rings (SSSR count). The van der Waals surface area contributed by atoms with Crippen molar-refractivity contribution in [3.05, 3.63) is 29.1 Å². The molecular formula is C14H21BF4N3O3-. The molecule has 1 heterocycles. The first-order chi connectivity index (χ1) is 11.8. The van der Waals surface area contributed by atoms with Crippen molar-refractivity contribution < 1.29 is 36.3 Å². The standard InChI is InChI=1S/C14H21N3O3.BF4/c1-3-19-13-10-12(17-5-7-18-8-6-17)14(20-4-2)9-11(13)16-15;2-1(3,4)5/h9-10,13H,3-8H2,1-2H3;/q;-1. The van der Waals surface area contributed by atoms with Crippen molar-refractivity contribution in [1.29, 1.82) is 0 Å². The molecule has 1 aliphatic carbocycles. The molecule has 1 saturated heterocycles. The Bertz CT molecular complexity index is 536. The molecule has 1 atom stereocenters. The van der Waals surface area contributed by atoms with Crippen LogP contribution in [-0.4, -0.2) is 68.3 Å². The van der Waals surface area contributed by atoms with Crippen molar-refractivity contribution in [3.63, 3.8) is 0 Å². The van der Waals surface area contributed by atoms with Gasteiger partial charge in [0.2, 0.25) is 0 Å². The minimum atomic E-state index is -6.00. The fourth-order valence-corrected chi connectivity index (χ4v) is 2.34. The molecule has 142 valence electrons. The number of morpholine rings is 1. The lowest BCUT2D eigenvalue weighted by Crippen LogP contribution is -2.39. The number of hydrogen-bond donors (Lipinski definition) is 0. The Morgan fingerprint density at radius 1 is 1.24 bits per heavy atom. The number of rotatable bonds is 5. The zero-order valence-corrected chi connectivity index (χ0v) is 14.1. The van der Waals surface area contributed by atoms with E-state index in [0.29, 0.717) is 32.1 Å². The summed E-state index contributed by atoms with van der Waals surface area (Å²) in [4.78, 5) is 5.52. The molecule has 0 N–H and O–H groups in total. The van der Waals surface area contributed by atoms with Crippen molar-refractivity contribution in [1.82, 2.24) is 4.90 Å². The third-order valence-electron chi connectivity index (χ3n) is 3.25. The summed E-state index contributed by atoms with van der Waals surface area (Å²) in [5.74, 6) is 0.721. The van der Waals surface area contributed by atoms with Crippen LogP contribution in [0.4, 0.5) is 17.3 Å². The maximum Gasteiger partial charge on any atom is 0.673 e. The van der Waals surface area contributed by atoms with Gasteiger partial charge in [-0.25, -0.2) is 0 Å². The Balaban J connectivity index is 0.000000550. The van der Waals surface area contributed by atoms with Gasteiger partial charge in [-0.15, -0.1) is 0 Å². The second kappa shape index (κ2) is 10.2. The number of hydrogen-bond acceptors (Lipinski definition) is 4. The average Bonchev–Trinajstić information content (AvgIpc) is 2.55. The fourth-order valence-electron chi connectivity index (χ4n) is 2.34. The van der Waals surface area contributed by atoms with Crippen LogP contribution in [0.25, 0.3) is 5.53 Å². The molecule has 6 nitrogen and oxygen atoms in total. The largest absolute Gasteiger partial charge is 0.673 e. The molecule has 1 unspecified atom stereocenters.